The van der Waals surface area contributed by atoms with Gasteiger partial charge in [0.15, 0.2) is 0 Å². The molecule has 0 unspecified atom stereocenters. The summed E-state index contributed by atoms with van der Waals surface area (Å²) in [5.74, 6) is -0.419. The smallest absolute Gasteiger partial charge is 0.271 e. The minimum Gasteiger partial charge on any atom is -0.494 e. The summed E-state index contributed by atoms with van der Waals surface area (Å²) in [6.07, 6.45) is 1.43. The highest BCUT2D eigenvalue weighted by atomic mass is 16.5. The summed E-state index contributed by atoms with van der Waals surface area (Å²) in [5, 5.41) is 23.0. The molecule has 1 amide bonds. The first-order chi connectivity index (χ1) is 14.9. The van der Waals surface area contributed by atoms with E-state index in [0.29, 0.717) is 42.3 Å². The van der Waals surface area contributed by atoms with Crippen LogP contribution in [0.5, 0.6) is 5.88 Å². The SMILES string of the molecule is CC(=O)Nc1cccc(N=Cc2c(C)c(C#N)c(=O)n(CCN3CCOCC3)c2O)c1. The molecule has 9 heteroatoms. The number of ether oxygens (including phenoxy) is 1. The van der Waals surface area contributed by atoms with Crippen molar-refractivity contribution >= 4 is 23.5 Å². The number of carbonyl (C=O) groups is 1. The van der Waals surface area contributed by atoms with Crippen molar-refractivity contribution in [3.05, 3.63) is 51.3 Å². The molecule has 1 aliphatic heterocycles. The number of morpholine rings is 1. The zero-order valence-corrected chi connectivity index (χ0v) is 17.6. The van der Waals surface area contributed by atoms with Crippen LogP contribution in [0.3, 0.4) is 0 Å². The summed E-state index contributed by atoms with van der Waals surface area (Å²) in [7, 11) is 0. The third-order valence-corrected chi connectivity index (χ3v) is 5.10. The van der Waals surface area contributed by atoms with Crippen molar-refractivity contribution in [2.24, 2.45) is 4.99 Å². The summed E-state index contributed by atoms with van der Waals surface area (Å²) in [6.45, 7) is 6.61. The number of pyridine rings is 1. The quantitative estimate of drug-likeness (QED) is 0.684. The molecule has 1 aromatic heterocycles. The highest BCUT2D eigenvalue weighted by molar-refractivity contribution is 5.90. The van der Waals surface area contributed by atoms with Gasteiger partial charge in [-0.3, -0.25) is 24.0 Å². The molecule has 0 radical (unpaired) electrons. The van der Waals surface area contributed by atoms with Gasteiger partial charge in [0.25, 0.3) is 5.56 Å². The van der Waals surface area contributed by atoms with Gasteiger partial charge in [0.1, 0.15) is 11.6 Å². The maximum Gasteiger partial charge on any atom is 0.271 e. The van der Waals surface area contributed by atoms with Crippen molar-refractivity contribution in [1.82, 2.24) is 9.47 Å². The summed E-state index contributed by atoms with van der Waals surface area (Å²) in [4.78, 5) is 30.5. The molecule has 1 aromatic carbocycles. The van der Waals surface area contributed by atoms with Gasteiger partial charge in [-0.15, -0.1) is 0 Å². The zero-order chi connectivity index (χ0) is 22.4. The molecule has 0 saturated carbocycles. The minimum absolute atomic E-state index is 0.0202. The number of rotatable bonds is 6. The summed E-state index contributed by atoms with van der Waals surface area (Å²) >= 11 is 0. The Hall–Kier alpha value is -3.48. The van der Waals surface area contributed by atoms with Crippen LogP contribution in [-0.2, 0) is 16.1 Å². The second-order valence-corrected chi connectivity index (χ2v) is 7.25. The van der Waals surface area contributed by atoms with E-state index in [2.05, 4.69) is 15.2 Å². The molecule has 0 atom stereocenters. The third kappa shape index (κ3) is 5.36. The normalized spacial score (nSPS) is 14.5. The predicted octanol–water partition coefficient (Wildman–Crippen LogP) is 1.78. The molecule has 2 aromatic rings. The molecule has 1 aliphatic rings. The first kappa shape index (κ1) is 22.2. The summed E-state index contributed by atoms with van der Waals surface area (Å²) in [6, 6.07) is 8.86. The van der Waals surface area contributed by atoms with Crippen LogP contribution >= 0.6 is 0 Å². The van der Waals surface area contributed by atoms with E-state index in [9.17, 15) is 20.0 Å². The van der Waals surface area contributed by atoms with Crippen LogP contribution in [0.1, 0.15) is 23.6 Å². The summed E-state index contributed by atoms with van der Waals surface area (Å²) in [5.41, 5.74) is 1.28. The van der Waals surface area contributed by atoms with Crippen LogP contribution in [0.15, 0.2) is 34.1 Å². The predicted molar refractivity (Wildman–Crippen MR) is 117 cm³/mol. The molecule has 0 spiro atoms. The van der Waals surface area contributed by atoms with Gasteiger partial charge in [-0.05, 0) is 30.7 Å². The topological polar surface area (TPSA) is 120 Å². The molecule has 3 rings (SSSR count). The first-order valence-electron chi connectivity index (χ1n) is 9.99. The molecule has 2 heterocycles. The van der Waals surface area contributed by atoms with E-state index >= 15 is 0 Å². The molecule has 1 saturated heterocycles. The first-order valence-corrected chi connectivity index (χ1v) is 9.99. The highest BCUT2D eigenvalue weighted by Gasteiger charge is 2.19. The highest BCUT2D eigenvalue weighted by Crippen LogP contribution is 2.23. The molecule has 31 heavy (non-hydrogen) atoms. The number of nitrogens with zero attached hydrogens (tertiary/aromatic N) is 4. The molecule has 0 bridgehead atoms. The van der Waals surface area contributed by atoms with Gasteiger partial charge in [-0.2, -0.15) is 5.26 Å². The van der Waals surface area contributed by atoms with Crippen molar-refractivity contribution in [2.75, 3.05) is 38.2 Å². The number of nitrogens with one attached hydrogen (secondary N) is 1. The summed E-state index contributed by atoms with van der Waals surface area (Å²) < 4.78 is 6.55. The number of anilines is 1. The van der Waals surface area contributed by atoms with Crippen molar-refractivity contribution in [1.29, 1.82) is 5.26 Å². The number of amides is 1. The van der Waals surface area contributed by atoms with Gasteiger partial charge in [-0.1, -0.05) is 6.07 Å². The fourth-order valence-corrected chi connectivity index (χ4v) is 3.41. The Bertz CT molecular complexity index is 1090. The lowest BCUT2D eigenvalue weighted by molar-refractivity contribution is -0.114. The Kier molecular flexibility index (Phi) is 7.18. The lowest BCUT2D eigenvalue weighted by Crippen LogP contribution is -2.39. The van der Waals surface area contributed by atoms with Gasteiger partial charge in [-0.25, -0.2) is 0 Å². The number of benzene rings is 1. The maximum absolute atomic E-state index is 12.7. The second-order valence-electron chi connectivity index (χ2n) is 7.25. The second kappa shape index (κ2) is 10.0. The Balaban J connectivity index is 1.92. The van der Waals surface area contributed by atoms with E-state index in [1.165, 1.54) is 17.7 Å². The van der Waals surface area contributed by atoms with Gasteiger partial charge in [0.2, 0.25) is 11.8 Å². The van der Waals surface area contributed by atoms with Crippen molar-refractivity contribution in [3.8, 4) is 11.9 Å². The van der Waals surface area contributed by atoms with Crippen LogP contribution in [0.25, 0.3) is 0 Å². The average molecular weight is 423 g/mol. The average Bonchev–Trinajstić information content (AvgIpc) is 2.74. The molecule has 0 aliphatic carbocycles. The van der Waals surface area contributed by atoms with E-state index in [4.69, 9.17) is 4.74 Å². The lowest BCUT2D eigenvalue weighted by Gasteiger charge is -2.27. The Morgan fingerprint density at radius 1 is 1.35 bits per heavy atom. The van der Waals surface area contributed by atoms with E-state index < -0.39 is 5.56 Å². The number of hydrogen-bond acceptors (Lipinski definition) is 7. The number of carbonyl (C=O) groups excluding carboxylic acids is 1. The number of nitriles is 1. The number of aromatic hydroxyl groups is 1. The zero-order valence-electron chi connectivity index (χ0n) is 17.6. The van der Waals surface area contributed by atoms with Crippen LogP contribution < -0.4 is 10.9 Å². The Labute approximate surface area is 180 Å². The molecule has 162 valence electrons. The lowest BCUT2D eigenvalue weighted by atomic mass is 10.1. The molecular weight excluding hydrogens is 398 g/mol. The fraction of sp³-hybridized carbons (Fsp3) is 0.364. The van der Waals surface area contributed by atoms with Gasteiger partial charge >= 0.3 is 0 Å². The van der Waals surface area contributed by atoms with E-state index in [1.54, 1.807) is 31.2 Å². The van der Waals surface area contributed by atoms with Crippen LogP contribution in [-0.4, -0.2) is 59.5 Å². The Morgan fingerprint density at radius 2 is 2.10 bits per heavy atom. The molecule has 9 nitrogen and oxygen atoms in total. The van der Waals surface area contributed by atoms with E-state index in [0.717, 1.165) is 13.1 Å². The van der Waals surface area contributed by atoms with Crippen LogP contribution in [0.2, 0.25) is 0 Å². The standard InChI is InChI=1S/C22H25N5O4/c1-15-19(13-23)21(29)27(7-6-26-8-10-31-11-9-26)22(30)20(15)14-24-17-4-3-5-18(12-17)25-16(2)28/h3-5,12,14,30H,6-11H2,1-2H3,(H,25,28). The fourth-order valence-electron chi connectivity index (χ4n) is 3.41. The largest absolute Gasteiger partial charge is 0.494 e. The number of hydrogen-bond donors (Lipinski definition) is 2. The Morgan fingerprint density at radius 3 is 2.77 bits per heavy atom. The van der Waals surface area contributed by atoms with Crippen LogP contribution in [0, 0.1) is 18.3 Å². The van der Waals surface area contributed by atoms with Crippen molar-refractivity contribution < 1.29 is 14.6 Å². The minimum atomic E-state index is -0.518. The molecule has 2 N–H and O–H groups in total. The maximum atomic E-state index is 12.7. The van der Waals surface area contributed by atoms with Gasteiger partial charge in [0, 0.05) is 45.0 Å². The monoisotopic (exact) mass is 423 g/mol. The van der Waals surface area contributed by atoms with Crippen molar-refractivity contribution in [2.45, 2.75) is 20.4 Å². The number of aliphatic imine (C=N–C) groups is 1. The van der Waals surface area contributed by atoms with Crippen LogP contribution in [0.4, 0.5) is 11.4 Å². The number of aromatic nitrogens is 1. The third-order valence-electron chi connectivity index (χ3n) is 5.10. The molecular formula is C22H25N5O4. The van der Waals surface area contributed by atoms with Gasteiger partial charge in [0.05, 0.1) is 24.5 Å². The van der Waals surface area contributed by atoms with Crippen molar-refractivity contribution in [3.63, 3.8) is 0 Å². The van der Waals surface area contributed by atoms with E-state index in [1.807, 2.05) is 6.07 Å². The van der Waals surface area contributed by atoms with E-state index in [-0.39, 0.29) is 23.9 Å². The van der Waals surface area contributed by atoms with Gasteiger partial charge < -0.3 is 15.2 Å². The molecule has 1 fully saturated rings.